The molecule has 0 bridgehead atoms. The molecule has 5 rings (SSSR count). The average molecular weight is 544 g/mol. The number of aromatic nitrogens is 2. The molecule has 1 aliphatic rings. The number of allylic oxidation sites excluding steroid dienone is 1. The molecule has 38 heavy (non-hydrogen) atoms. The van der Waals surface area contributed by atoms with E-state index >= 15 is 0 Å². The molecule has 0 fully saturated rings. The largest absolute Gasteiger partial charge is 0.463 e. The Kier molecular flexibility index (Phi) is 7.27. The van der Waals surface area contributed by atoms with E-state index in [-0.39, 0.29) is 12.2 Å². The molecule has 0 saturated carbocycles. The zero-order valence-corrected chi connectivity index (χ0v) is 23.7. The van der Waals surface area contributed by atoms with Gasteiger partial charge in [0, 0.05) is 22.0 Å². The normalized spacial score (nSPS) is 15.4. The van der Waals surface area contributed by atoms with E-state index < -0.39 is 12.0 Å². The van der Waals surface area contributed by atoms with Crippen LogP contribution < -0.4 is 14.9 Å². The number of fused-ring (bicyclic) bond motifs is 1. The smallest absolute Gasteiger partial charge is 0.338 e. The van der Waals surface area contributed by atoms with E-state index in [2.05, 4.69) is 41.6 Å². The van der Waals surface area contributed by atoms with Gasteiger partial charge < -0.3 is 9.30 Å². The summed E-state index contributed by atoms with van der Waals surface area (Å²) in [5, 5.41) is 0. The van der Waals surface area contributed by atoms with Gasteiger partial charge in [0.2, 0.25) is 0 Å². The Morgan fingerprint density at radius 1 is 1.11 bits per heavy atom. The molecule has 2 aromatic heterocycles. The number of thioether (sulfide) groups is 1. The summed E-state index contributed by atoms with van der Waals surface area (Å²) in [6.45, 7) is 7.95. The fourth-order valence-electron chi connectivity index (χ4n) is 4.94. The van der Waals surface area contributed by atoms with Crippen LogP contribution in [0.25, 0.3) is 11.8 Å². The molecule has 6 nitrogen and oxygen atoms in total. The van der Waals surface area contributed by atoms with E-state index in [0.717, 1.165) is 33.1 Å². The molecule has 8 heteroatoms. The molecular weight excluding hydrogens is 514 g/mol. The van der Waals surface area contributed by atoms with E-state index in [1.807, 2.05) is 54.8 Å². The van der Waals surface area contributed by atoms with Gasteiger partial charge in [0.25, 0.3) is 5.56 Å². The summed E-state index contributed by atoms with van der Waals surface area (Å²) in [7, 11) is 0. The van der Waals surface area contributed by atoms with Crippen LogP contribution in [0.1, 0.15) is 42.4 Å². The molecule has 0 N–H and O–H groups in total. The number of thiazole rings is 1. The van der Waals surface area contributed by atoms with Crippen LogP contribution >= 0.6 is 23.1 Å². The second kappa shape index (κ2) is 10.6. The van der Waals surface area contributed by atoms with Gasteiger partial charge in [0.15, 0.2) is 4.80 Å². The standard InChI is InChI=1S/C30H29N3O3S2/c1-6-36-29(35)26-19(3)31-30-33(27(26)21-12-14-24(37-5)15-13-21)28(34)25(38-30)17-22-16-18(2)32(20(22)4)23-10-8-7-9-11-23/h7-17,27H,6H2,1-5H3/b25-17-/t27-/m0/s1. The predicted octanol–water partition coefficient (Wildman–Crippen LogP) is 4.93. The van der Waals surface area contributed by atoms with Gasteiger partial charge in [0.1, 0.15) is 0 Å². The van der Waals surface area contributed by atoms with Crippen molar-refractivity contribution in [3.63, 3.8) is 0 Å². The van der Waals surface area contributed by atoms with Crippen LogP contribution in [-0.2, 0) is 9.53 Å². The highest BCUT2D eigenvalue weighted by Crippen LogP contribution is 2.31. The molecule has 0 aliphatic carbocycles. The van der Waals surface area contributed by atoms with Gasteiger partial charge in [-0.3, -0.25) is 9.36 Å². The van der Waals surface area contributed by atoms with Crippen LogP contribution in [0.3, 0.4) is 0 Å². The van der Waals surface area contributed by atoms with E-state index in [0.29, 0.717) is 20.6 Å². The zero-order valence-electron chi connectivity index (χ0n) is 22.0. The Morgan fingerprint density at radius 2 is 1.82 bits per heavy atom. The van der Waals surface area contributed by atoms with Crippen LogP contribution in [0.2, 0.25) is 0 Å². The SMILES string of the molecule is CCOC(=O)C1=C(C)N=c2s/c(=C\c3cc(C)n(-c4ccccc4)c3C)c(=O)n2[C@H]1c1ccc(SC)cc1. The van der Waals surface area contributed by atoms with Gasteiger partial charge >= 0.3 is 5.97 Å². The molecule has 0 radical (unpaired) electrons. The van der Waals surface area contributed by atoms with Crippen LogP contribution in [0.15, 0.2) is 86.6 Å². The predicted molar refractivity (Wildman–Crippen MR) is 154 cm³/mol. The fraction of sp³-hybridized carbons (Fsp3) is 0.233. The quantitative estimate of drug-likeness (QED) is 0.256. The van der Waals surface area contributed by atoms with Crippen molar-refractivity contribution in [2.45, 2.75) is 38.6 Å². The van der Waals surface area contributed by atoms with Crippen molar-refractivity contribution >= 4 is 35.1 Å². The van der Waals surface area contributed by atoms with Crippen molar-refractivity contribution in [2.24, 2.45) is 4.99 Å². The first-order chi connectivity index (χ1) is 18.3. The van der Waals surface area contributed by atoms with Crippen LogP contribution in [0.4, 0.5) is 0 Å². The molecule has 0 amide bonds. The van der Waals surface area contributed by atoms with E-state index in [1.54, 1.807) is 30.2 Å². The van der Waals surface area contributed by atoms with Crippen molar-refractivity contribution in [2.75, 3.05) is 12.9 Å². The van der Waals surface area contributed by atoms with Crippen molar-refractivity contribution in [3.8, 4) is 5.69 Å². The lowest BCUT2D eigenvalue weighted by Gasteiger charge is -2.24. The first-order valence-corrected chi connectivity index (χ1v) is 14.5. The fourth-order valence-corrected chi connectivity index (χ4v) is 6.39. The van der Waals surface area contributed by atoms with Gasteiger partial charge in [0.05, 0.1) is 28.5 Å². The number of esters is 1. The maximum absolute atomic E-state index is 13.9. The van der Waals surface area contributed by atoms with Crippen molar-refractivity contribution in [1.82, 2.24) is 9.13 Å². The number of aryl methyl sites for hydroxylation is 1. The highest BCUT2D eigenvalue weighted by atomic mass is 32.2. The van der Waals surface area contributed by atoms with E-state index in [4.69, 9.17) is 4.74 Å². The minimum absolute atomic E-state index is 0.175. The first kappa shape index (κ1) is 26.0. The van der Waals surface area contributed by atoms with Gasteiger partial charge in [-0.1, -0.05) is 41.7 Å². The van der Waals surface area contributed by atoms with Crippen LogP contribution in [0, 0.1) is 13.8 Å². The lowest BCUT2D eigenvalue weighted by atomic mass is 9.96. The molecule has 0 unspecified atom stereocenters. The summed E-state index contributed by atoms with van der Waals surface area (Å²) >= 11 is 2.98. The Hall–Kier alpha value is -3.62. The Bertz CT molecular complexity index is 1730. The highest BCUT2D eigenvalue weighted by molar-refractivity contribution is 7.98. The van der Waals surface area contributed by atoms with Gasteiger partial charge in [-0.15, -0.1) is 11.8 Å². The number of hydrogen-bond acceptors (Lipinski definition) is 6. The minimum atomic E-state index is -0.611. The number of ether oxygens (including phenoxy) is 1. The molecule has 0 saturated heterocycles. The first-order valence-electron chi connectivity index (χ1n) is 12.4. The summed E-state index contributed by atoms with van der Waals surface area (Å²) < 4.78 is 9.79. The lowest BCUT2D eigenvalue weighted by molar-refractivity contribution is -0.139. The van der Waals surface area contributed by atoms with Crippen molar-refractivity contribution in [1.29, 1.82) is 0 Å². The zero-order chi connectivity index (χ0) is 27.0. The van der Waals surface area contributed by atoms with Crippen molar-refractivity contribution in [3.05, 3.63) is 114 Å². The maximum Gasteiger partial charge on any atom is 0.338 e. The lowest BCUT2D eigenvalue weighted by Crippen LogP contribution is -2.39. The molecule has 2 aromatic carbocycles. The van der Waals surface area contributed by atoms with Gasteiger partial charge in [-0.25, -0.2) is 9.79 Å². The molecule has 4 aromatic rings. The molecule has 3 heterocycles. The second-order valence-electron chi connectivity index (χ2n) is 9.07. The number of carbonyl (C=O) groups excluding carboxylic acids is 1. The minimum Gasteiger partial charge on any atom is -0.463 e. The number of para-hydroxylation sites is 1. The summed E-state index contributed by atoms with van der Waals surface area (Å²) in [4.78, 5) is 33.4. The average Bonchev–Trinajstić information content (AvgIpc) is 3.37. The second-order valence-corrected chi connectivity index (χ2v) is 11.0. The van der Waals surface area contributed by atoms with Gasteiger partial charge in [-0.05, 0) is 81.5 Å². The third-order valence-corrected chi connectivity index (χ3v) is 8.45. The Morgan fingerprint density at radius 3 is 2.47 bits per heavy atom. The third kappa shape index (κ3) is 4.59. The number of hydrogen-bond donors (Lipinski definition) is 0. The number of carbonyl (C=O) groups is 1. The Balaban J connectivity index is 1.69. The molecule has 1 atom stereocenters. The summed E-state index contributed by atoms with van der Waals surface area (Å²) in [6.07, 6.45) is 3.95. The van der Waals surface area contributed by atoms with Gasteiger partial charge in [-0.2, -0.15) is 0 Å². The molecule has 194 valence electrons. The number of benzene rings is 2. The number of nitrogens with zero attached hydrogens (tertiary/aromatic N) is 3. The summed E-state index contributed by atoms with van der Waals surface area (Å²) in [6, 6.07) is 19.6. The Labute approximate surface area is 229 Å². The maximum atomic E-state index is 13.9. The topological polar surface area (TPSA) is 65.6 Å². The molecule has 1 aliphatic heterocycles. The summed E-state index contributed by atoms with van der Waals surface area (Å²) in [5.74, 6) is -0.451. The number of rotatable bonds is 6. The van der Waals surface area contributed by atoms with Crippen LogP contribution in [-0.4, -0.2) is 28.0 Å². The summed E-state index contributed by atoms with van der Waals surface area (Å²) in [5.41, 5.74) is 5.81. The van der Waals surface area contributed by atoms with E-state index in [9.17, 15) is 9.59 Å². The third-order valence-electron chi connectivity index (χ3n) is 6.72. The highest BCUT2D eigenvalue weighted by Gasteiger charge is 2.33. The van der Waals surface area contributed by atoms with Crippen molar-refractivity contribution < 1.29 is 9.53 Å². The molecule has 0 spiro atoms. The van der Waals surface area contributed by atoms with E-state index in [1.165, 1.54) is 11.3 Å². The molecular formula is C30H29N3O3S2. The monoisotopic (exact) mass is 543 g/mol. The van der Waals surface area contributed by atoms with Crippen LogP contribution in [0.5, 0.6) is 0 Å².